The van der Waals surface area contributed by atoms with Gasteiger partial charge in [0.1, 0.15) is 0 Å². The Balaban J connectivity index is 2.50. The van der Waals surface area contributed by atoms with Crippen LogP contribution in [0.2, 0.25) is 0 Å². The van der Waals surface area contributed by atoms with Gasteiger partial charge in [0.25, 0.3) is 5.56 Å². The average molecular weight is 287 g/mol. The number of terminal acetylenes is 1. The number of hydrogen-bond donors (Lipinski definition) is 0. The third-order valence-corrected chi connectivity index (χ3v) is 3.84. The van der Waals surface area contributed by atoms with Crippen LogP contribution in [0.1, 0.15) is 31.0 Å². The Kier molecular flexibility index (Phi) is 3.56. The van der Waals surface area contributed by atoms with E-state index in [9.17, 15) is 4.79 Å². The summed E-state index contributed by atoms with van der Waals surface area (Å²) >= 11 is 0. The van der Waals surface area contributed by atoms with Crippen molar-refractivity contribution in [1.82, 2.24) is 4.57 Å². The summed E-state index contributed by atoms with van der Waals surface area (Å²) in [5.41, 5.74) is 2.44. The van der Waals surface area contributed by atoms with Gasteiger partial charge in [0.05, 0.1) is 5.39 Å². The molecule has 0 saturated carbocycles. The van der Waals surface area contributed by atoms with Crippen LogP contribution in [0.25, 0.3) is 16.5 Å². The number of rotatable bonds is 2. The quantitative estimate of drug-likeness (QED) is 0.651. The van der Waals surface area contributed by atoms with E-state index in [1.807, 2.05) is 48.5 Å². The fraction of sp³-hybridized carbons (Fsp3) is 0.150. The molecule has 0 fully saturated rings. The van der Waals surface area contributed by atoms with E-state index in [-0.39, 0.29) is 11.5 Å². The lowest BCUT2D eigenvalue weighted by Crippen LogP contribution is -2.23. The van der Waals surface area contributed by atoms with Crippen molar-refractivity contribution < 1.29 is 0 Å². The molecule has 3 rings (SSSR count). The molecule has 0 bridgehead atoms. The summed E-state index contributed by atoms with van der Waals surface area (Å²) in [4.78, 5) is 13.1. The van der Waals surface area contributed by atoms with E-state index in [0.717, 1.165) is 16.8 Å². The zero-order chi connectivity index (χ0) is 15.7. The van der Waals surface area contributed by atoms with Crippen molar-refractivity contribution in [3.05, 3.63) is 76.2 Å². The molecule has 1 heterocycles. The minimum Gasteiger partial charge on any atom is -0.280 e. The van der Waals surface area contributed by atoms with Gasteiger partial charge in [-0.15, -0.1) is 6.42 Å². The molecule has 0 N–H and O–H groups in total. The first-order chi connectivity index (χ1) is 10.6. The third kappa shape index (κ3) is 2.21. The minimum atomic E-state index is -0.0547. The number of para-hydroxylation sites is 1. The van der Waals surface area contributed by atoms with Crippen LogP contribution in [0, 0.1) is 12.3 Å². The van der Waals surface area contributed by atoms with Crippen molar-refractivity contribution in [2.24, 2.45) is 0 Å². The predicted octanol–water partition coefficient (Wildman–Crippen LogP) is 4.10. The summed E-state index contributed by atoms with van der Waals surface area (Å²) in [6.07, 6.45) is 5.57. The molecule has 2 aromatic carbocycles. The van der Waals surface area contributed by atoms with Crippen LogP contribution in [0.4, 0.5) is 0 Å². The lowest BCUT2D eigenvalue weighted by molar-refractivity contribution is 0.765. The van der Waals surface area contributed by atoms with Crippen LogP contribution in [0.5, 0.6) is 0 Å². The molecule has 108 valence electrons. The van der Waals surface area contributed by atoms with Crippen molar-refractivity contribution in [3.63, 3.8) is 0 Å². The molecule has 0 saturated heterocycles. The maximum absolute atomic E-state index is 13.1. The Hall–Kier alpha value is -2.79. The maximum Gasteiger partial charge on any atom is 0.264 e. The highest BCUT2D eigenvalue weighted by molar-refractivity contribution is 5.88. The Bertz CT molecular complexity index is 928. The molecule has 0 unspecified atom stereocenters. The lowest BCUT2D eigenvalue weighted by Gasteiger charge is -2.17. The van der Waals surface area contributed by atoms with Gasteiger partial charge in [-0.05, 0) is 35.6 Å². The molecule has 0 aliphatic carbocycles. The monoisotopic (exact) mass is 287 g/mol. The highest BCUT2D eigenvalue weighted by atomic mass is 16.1. The summed E-state index contributed by atoms with van der Waals surface area (Å²) in [5.74, 6) is 2.85. The van der Waals surface area contributed by atoms with E-state index in [2.05, 4.69) is 25.8 Å². The molecule has 3 aromatic rings. The van der Waals surface area contributed by atoms with E-state index in [0.29, 0.717) is 10.9 Å². The van der Waals surface area contributed by atoms with E-state index in [1.54, 1.807) is 4.57 Å². The molecule has 0 aliphatic rings. The molecule has 0 atom stereocenters. The second kappa shape index (κ2) is 5.54. The van der Waals surface area contributed by atoms with Gasteiger partial charge in [-0.1, -0.05) is 50.1 Å². The largest absolute Gasteiger partial charge is 0.280 e. The standard InChI is InChI=1S/C20H17NO/c1-4-15-9-8-10-16-13-18(14(2)3)21(20(22)19(15)16)17-11-6-5-7-12-17/h1,5-14H,2-3H3. The molecule has 2 nitrogen and oxygen atoms in total. The first-order valence-electron chi connectivity index (χ1n) is 7.34. The van der Waals surface area contributed by atoms with E-state index in [4.69, 9.17) is 6.42 Å². The zero-order valence-corrected chi connectivity index (χ0v) is 12.7. The molecule has 0 spiro atoms. The lowest BCUT2D eigenvalue weighted by atomic mass is 10.0. The highest BCUT2D eigenvalue weighted by Gasteiger charge is 2.15. The molecule has 0 radical (unpaired) electrons. The topological polar surface area (TPSA) is 22.0 Å². The summed E-state index contributed by atoms with van der Waals surface area (Å²) in [6, 6.07) is 17.4. The van der Waals surface area contributed by atoms with Gasteiger partial charge in [-0.3, -0.25) is 9.36 Å². The second-order valence-electron chi connectivity index (χ2n) is 5.61. The van der Waals surface area contributed by atoms with Gasteiger partial charge in [0.15, 0.2) is 0 Å². The van der Waals surface area contributed by atoms with Crippen molar-refractivity contribution in [2.75, 3.05) is 0 Å². The number of hydrogen-bond acceptors (Lipinski definition) is 1. The smallest absolute Gasteiger partial charge is 0.264 e. The molecular weight excluding hydrogens is 270 g/mol. The number of nitrogens with zero attached hydrogens (tertiary/aromatic N) is 1. The average Bonchev–Trinajstić information content (AvgIpc) is 2.54. The van der Waals surface area contributed by atoms with Gasteiger partial charge in [-0.2, -0.15) is 0 Å². The van der Waals surface area contributed by atoms with Crippen LogP contribution < -0.4 is 5.56 Å². The van der Waals surface area contributed by atoms with Crippen molar-refractivity contribution >= 4 is 10.8 Å². The molecule has 0 aliphatic heterocycles. The predicted molar refractivity (Wildman–Crippen MR) is 91.6 cm³/mol. The van der Waals surface area contributed by atoms with Gasteiger partial charge < -0.3 is 0 Å². The van der Waals surface area contributed by atoms with Crippen LogP contribution in [-0.4, -0.2) is 4.57 Å². The first kappa shape index (κ1) is 14.2. The second-order valence-corrected chi connectivity index (χ2v) is 5.61. The Morgan fingerprint density at radius 1 is 1.05 bits per heavy atom. The summed E-state index contributed by atoms with van der Waals surface area (Å²) in [7, 11) is 0. The minimum absolute atomic E-state index is 0.0547. The van der Waals surface area contributed by atoms with E-state index < -0.39 is 0 Å². The number of benzene rings is 2. The molecule has 1 aromatic heterocycles. The normalized spacial score (nSPS) is 10.8. The van der Waals surface area contributed by atoms with E-state index in [1.165, 1.54) is 0 Å². The van der Waals surface area contributed by atoms with Crippen LogP contribution in [-0.2, 0) is 0 Å². The third-order valence-electron chi connectivity index (χ3n) is 3.84. The number of pyridine rings is 1. The van der Waals surface area contributed by atoms with Crippen molar-refractivity contribution in [2.45, 2.75) is 19.8 Å². The Labute approximate surface area is 130 Å². The maximum atomic E-state index is 13.1. The Morgan fingerprint density at radius 2 is 1.77 bits per heavy atom. The molecular formula is C20H17NO. The van der Waals surface area contributed by atoms with Gasteiger partial charge in [0.2, 0.25) is 0 Å². The van der Waals surface area contributed by atoms with Crippen molar-refractivity contribution in [3.8, 4) is 18.0 Å². The van der Waals surface area contributed by atoms with Crippen LogP contribution >= 0.6 is 0 Å². The summed E-state index contributed by atoms with van der Waals surface area (Å²) in [6.45, 7) is 4.18. The SMILES string of the molecule is C#Cc1cccc2cc(C(C)C)n(-c3ccccc3)c(=O)c12. The number of aromatic nitrogens is 1. The first-order valence-corrected chi connectivity index (χ1v) is 7.34. The number of fused-ring (bicyclic) bond motifs is 1. The zero-order valence-electron chi connectivity index (χ0n) is 12.7. The van der Waals surface area contributed by atoms with Crippen molar-refractivity contribution in [1.29, 1.82) is 0 Å². The highest BCUT2D eigenvalue weighted by Crippen LogP contribution is 2.23. The molecule has 22 heavy (non-hydrogen) atoms. The van der Waals surface area contributed by atoms with Gasteiger partial charge in [-0.25, -0.2) is 0 Å². The molecule has 2 heteroatoms. The fourth-order valence-corrected chi connectivity index (χ4v) is 2.77. The van der Waals surface area contributed by atoms with Crippen LogP contribution in [0.15, 0.2) is 59.4 Å². The van der Waals surface area contributed by atoms with Gasteiger partial charge in [0, 0.05) is 16.9 Å². The fourth-order valence-electron chi connectivity index (χ4n) is 2.77. The van der Waals surface area contributed by atoms with Crippen LogP contribution in [0.3, 0.4) is 0 Å². The van der Waals surface area contributed by atoms with Gasteiger partial charge >= 0.3 is 0 Å². The summed E-state index contributed by atoms with van der Waals surface area (Å²) in [5, 5.41) is 1.51. The van der Waals surface area contributed by atoms with E-state index >= 15 is 0 Å². The Morgan fingerprint density at radius 3 is 2.41 bits per heavy atom. The molecule has 0 amide bonds. The summed E-state index contributed by atoms with van der Waals surface area (Å²) < 4.78 is 1.77.